The maximum absolute atomic E-state index is 5.84. The molecule has 0 rings (SSSR count). The van der Waals surface area contributed by atoms with Crippen molar-refractivity contribution in [1.82, 2.24) is 0 Å². The molecular weight excluding hydrogens is 232 g/mol. The fourth-order valence-corrected chi connectivity index (χ4v) is 2.31. The Bertz CT molecular complexity index is 202. The second kappa shape index (κ2) is 9.80. The molecule has 0 saturated heterocycles. The van der Waals surface area contributed by atoms with E-state index in [2.05, 4.69) is 48.5 Å². The second-order valence-corrected chi connectivity index (χ2v) is 7.89. The van der Waals surface area contributed by atoms with Crippen molar-refractivity contribution in [3.05, 3.63) is 0 Å². The molecule has 0 aromatic carbocycles. The van der Waals surface area contributed by atoms with E-state index in [0.717, 1.165) is 18.4 Å². The summed E-state index contributed by atoms with van der Waals surface area (Å²) in [6.07, 6.45) is 8.26. The molecular formula is C18H38O. The van der Waals surface area contributed by atoms with Crippen LogP contribution < -0.4 is 0 Å². The highest BCUT2D eigenvalue weighted by Crippen LogP contribution is 2.20. The summed E-state index contributed by atoms with van der Waals surface area (Å²) in [5, 5.41) is 0. The molecule has 19 heavy (non-hydrogen) atoms. The van der Waals surface area contributed by atoms with E-state index in [1.54, 1.807) is 0 Å². The van der Waals surface area contributed by atoms with Crippen molar-refractivity contribution >= 4 is 0 Å². The quantitative estimate of drug-likeness (QED) is 0.468. The Balaban J connectivity index is 3.50. The van der Waals surface area contributed by atoms with Crippen molar-refractivity contribution in [1.29, 1.82) is 0 Å². The van der Waals surface area contributed by atoms with E-state index in [4.69, 9.17) is 4.74 Å². The van der Waals surface area contributed by atoms with Crippen LogP contribution in [0.25, 0.3) is 0 Å². The van der Waals surface area contributed by atoms with Crippen molar-refractivity contribution in [2.24, 2.45) is 17.8 Å². The molecule has 2 atom stereocenters. The number of ether oxygens (including phenoxy) is 1. The van der Waals surface area contributed by atoms with Crippen molar-refractivity contribution in [3.8, 4) is 0 Å². The normalized spacial score (nSPS) is 15.8. The highest BCUT2D eigenvalue weighted by atomic mass is 16.5. The predicted octanol–water partition coefficient (Wildman–Crippen LogP) is 6.07. The van der Waals surface area contributed by atoms with E-state index in [0.29, 0.717) is 5.92 Å². The summed E-state index contributed by atoms with van der Waals surface area (Å²) in [6.45, 7) is 16.7. The van der Waals surface area contributed by atoms with Crippen molar-refractivity contribution in [2.75, 3.05) is 6.61 Å². The maximum Gasteiger partial charge on any atom is 0.0598 e. The van der Waals surface area contributed by atoms with Crippen LogP contribution >= 0.6 is 0 Å². The molecule has 0 spiro atoms. The molecule has 1 nitrogen and oxygen atoms in total. The van der Waals surface area contributed by atoms with Crippen LogP contribution in [0.3, 0.4) is 0 Å². The summed E-state index contributed by atoms with van der Waals surface area (Å²) in [7, 11) is 0. The van der Waals surface area contributed by atoms with Crippen LogP contribution in [0.15, 0.2) is 0 Å². The van der Waals surface area contributed by atoms with Crippen LogP contribution in [-0.4, -0.2) is 12.2 Å². The van der Waals surface area contributed by atoms with Gasteiger partial charge >= 0.3 is 0 Å². The SMILES string of the molecule is CC(C)CCC[C@H](C)CCC[C@@H](C)COC(C)(C)C. The predicted molar refractivity (Wildman–Crippen MR) is 86.6 cm³/mol. The lowest BCUT2D eigenvalue weighted by Crippen LogP contribution is -2.22. The number of rotatable bonds is 10. The third-order valence-corrected chi connectivity index (χ3v) is 3.67. The van der Waals surface area contributed by atoms with Gasteiger partial charge in [-0.1, -0.05) is 59.8 Å². The number of hydrogen-bond acceptors (Lipinski definition) is 1. The van der Waals surface area contributed by atoms with Gasteiger partial charge in [-0.2, -0.15) is 0 Å². The summed E-state index contributed by atoms with van der Waals surface area (Å²) in [4.78, 5) is 0. The fraction of sp³-hybridized carbons (Fsp3) is 1.00. The van der Waals surface area contributed by atoms with Gasteiger partial charge in [0.25, 0.3) is 0 Å². The summed E-state index contributed by atoms with van der Waals surface area (Å²) in [6, 6.07) is 0. The topological polar surface area (TPSA) is 9.23 Å². The van der Waals surface area contributed by atoms with Gasteiger partial charge in [0.15, 0.2) is 0 Å². The lowest BCUT2D eigenvalue weighted by Gasteiger charge is -2.22. The highest BCUT2D eigenvalue weighted by Gasteiger charge is 2.12. The van der Waals surface area contributed by atoms with E-state index >= 15 is 0 Å². The standard InChI is InChI=1S/C18H38O/c1-15(2)10-8-11-16(3)12-9-13-17(4)14-19-18(5,6)7/h15-17H,8-14H2,1-7H3/t16-,17+/m0/s1. The summed E-state index contributed by atoms with van der Waals surface area (Å²) >= 11 is 0. The third-order valence-electron chi connectivity index (χ3n) is 3.67. The smallest absolute Gasteiger partial charge is 0.0598 e. The van der Waals surface area contributed by atoms with E-state index in [1.165, 1.54) is 38.5 Å². The molecule has 0 N–H and O–H groups in total. The van der Waals surface area contributed by atoms with Gasteiger partial charge in [0, 0.05) is 6.61 Å². The van der Waals surface area contributed by atoms with Gasteiger partial charge < -0.3 is 4.74 Å². The second-order valence-electron chi connectivity index (χ2n) is 7.89. The van der Waals surface area contributed by atoms with Crippen LogP contribution in [0.5, 0.6) is 0 Å². The zero-order valence-corrected chi connectivity index (χ0v) is 14.6. The van der Waals surface area contributed by atoms with Gasteiger partial charge in [-0.05, 0) is 44.9 Å². The first-order chi connectivity index (χ1) is 8.70. The van der Waals surface area contributed by atoms with Gasteiger partial charge in [-0.25, -0.2) is 0 Å². The first-order valence-corrected chi connectivity index (χ1v) is 8.34. The molecule has 0 aromatic rings. The van der Waals surface area contributed by atoms with Crippen LogP contribution in [0.2, 0.25) is 0 Å². The molecule has 0 aliphatic carbocycles. The first-order valence-electron chi connectivity index (χ1n) is 8.34. The summed E-state index contributed by atoms with van der Waals surface area (Å²) in [5.41, 5.74) is 0.0123. The van der Waals surface area contributed by atoms with E-state index < -0.39 is 0 Å². The molecule has 0 amide bonds. The minimum absolute atomic E-state index is 0.0123. The van der Waals surface area contributed by atoms with Crippen LogP contribution in [0.1, 0.15) is 87.0 Å². The first kappa shape index (κ1) is 19.0. The number of hydrogen-bond donors (Lipinski definition) is 0. The molecule has 0 unspecified atom stereocenters. The molecule has 0 heterocycles. The van der Waals surface area contributed by atoms with Gasteiger partial charge in [-0.3, -0.25) is 0 Å². The van der Waals surface area contributed by atoms with Crippen molar-refractivity contribution in [2.45, 2.75) is 92.6 Å². The van der Waals surface area contributed by atoms with Crippen molar-refractivity contribution in [3.63, 3.8) is 0 Å². The summed E-state index contributed by atoms with van der Waals surface area (Å²) < 4.78 is 5.84. The molecule has 0 aliphatic heterocycles. The molecule has 1 heteroatoms. The van der Waals surface area contributed by atoms with Crippen LogP contribution in [0.4, 0.5) is 0 Å². The average Bonchev–Trinajstić information content (AvgIpc) is 2.25. The molecule has 0 fully saturated rings. The Labute approximate surface area is 122 Å². The molecule has 0 bridgehead atoms. The maximum atomic E-state index is 5.84. The molecule has 0 aromatic heterocycles. The minimum atomic E-state index is 0.0123. The Hall–Kier alpha value is -0.0400. The fourth-order valence-electron chi connectivity index (χ4n) is 2.31. The minimum Gasteiger partial charge on any atom is -0.376 e. The monoisotopic (exact) mass is 270 g/mol. The molecule has 0 aliphatic rings. The van der Waals surface area contributed by atoms with Crippen molar-refractivity contribution < 1.29 is 4.74 Å². The highest BCUT2D eigenvalue weighted by molar-refractivity contribution is 4.62. The zero-order chi connectivity index (χ0) is 14.9. The van der Waals surface area contributed by atoms with Gasteiger partial charge in [0.05, 0.1) is 5.60 Å². The lowest BCUT2D eigenvalue weighted by atomic mass is 9.93. The van der Waals surface area contributed by atoms with Crippen LogP contribution in [0, 0.1) is 17.8 Å². The summed E-state index contributed by atoms with van der Waals surface area (Å²) in [5.74, 6) is 2.46. The molecule has 116 valence electrons. The third kappa shape index (κ3) is 14.2. The Morgan fingerprint density at radius 3 is 1.68 bits per heavy atom. The van der Waals surface area contributed by atoms with E-state index in [9.17, 15) is 0 Å². The van der Waals surface area contributed by atoms with Gasteiger partial charge in [0.2, 0.25) is 0 Å². The molecule has 0 radical (unpaired) electrons. The average molecular weight is 271 g/mol. The van der Waals surface area contributed by atoms with Gasteiger partial charge in [-0.15, -0.1) is 0 Å². The Morgan fingerprint density at radius 2 is 1.21 bits per heavy atom. The van der Waals surface area contributed by atoms with E-state index in [-0.39, 0.29) is 5.60 Å². The zero-order valence-electron chi connectivity index (χ0n) is 14.6. The Morgan fingerprint density at radius 1 is 0.737 bits per heavy atom. The largest absolute Gasteiger partial charge is 0.376 e. The van der Waals surface area contributed by atoms with Gasteiger partial charge in [0.1, 0.15) is 0 Å². The van der Waals surface area contributed by atoms with Crippen LogP contribution in [-0.2, 0) is 4.74 Å². The van der Waals surface area contributed by atoms with E-state index in [1.807, 2.05) is 0 Å². The molecule has 0 saturated carbocycles. The lowest BCUT2D eigenvalue weighted by molar-refractivity contribution is -0.0210. The Kier molecular flexibility index (Phi) is 9.78.